The second-order valence-electron chi connectivity index (χ2n) is 8.33. The van der Waals surface area contributed by atoms with E-state index in [0.29, 0.717) is 29.9 Å². The van der Waals surface area contributed by atoms with E-state index in [1.807, 2.05) is 54.6 Å². The summed E-state index contributed by atoms with van der Waals surface area (Å²) in [6, 6.07) is 17.4. The van der Waals surface area contributed by atoms with Crippen molar-refractivity contribution in [3.63, 3.8) is 0 Å². The van der Waals surface area contributed by atoms with Gasteiger partial charge >= 0.3 is 6.01 Å². The highest BCUT2D eigenvalue weighted by Gasteiger charge is 2.12. The van der Waals surface area contributed by atoms with Gasteiger partial charge in [0, 0.05) is 36.9 Å². The summed E-state index contributed by atoms with van der Waals surface area (Å²) in [4.78, 5) is 15.5. The quantitative estimate of drug-likeness (QED) is 0.320. The van der Waals surface area contributed by atoms with E-state index >= 15 is 0 Å². The summed E-state index contributed by atoms with van der Waals surface area (Å²) in [5.41, 5.74) is 1.62. The van der Waals surface area contributed by atoms with Gasteiger partial charge in [0.1, 0.15) is 23.1 Å². The van der Waals surface area contributed by atoms with E-state index < -0.39 is 0 Å². The summed E-state index contributed by atoms with van der Waals surface area (Å²) < 4.78 is 22.6. The second-order valence-corrected chi connectivity index (χ2v) is 8.33. The molecule has 186 valence electrons. The highest BCUT2D eigenvalue weighted by atomic mass is 16.5. The van der Waals surface area contributed by atoms with Gasteiger partial charge in [-0.05, 0) is 61.0 Å². The summed E-state index contributed by atoms with van der Waals surface area (Å²) in [5.74, 6) is 2.81. The minimum absolute atomic E-state index is 0.292. The van der Waals surface area contributed by atoms with Crippen molar-refractivity contribution < 1.29 is 18.9 Å². The molecule has 0 bridgehead atoms. The van der Waals surface area contributed by atoms with Crippen LogP contribution < -0.4 is 19.5 Å². The first-order chi connectivity index (χ1) is 17.8. The molecule has 9 heteroatoms. The summed E-state index contributed by atoms with van der Waals surface area (Å²) in [6.45, 7) is 5.24. The Morgan fingerprint density at radius 2 is 1.81 bits per heavy atom. The molecular formula is C27H29N5O4. The Balaban J connectivity index is 1.27. The van der Waals surface area contributed by atoms with E-state index in [0.717, 1.165) is 61.6 Å². The summed E-state index contributed by atoms with van der Waals surface area (Å²) in [5, 5.41) is 4.22. The Kier molecular flexibility index (Phi) is 7.70. The van der Waals surface area contributed by atoms with E-state index in [1.54, 1.807) is 19.5 Å². The number of anilines is 2. The van der Waals surface area contributed by atoms with E-state index in [-0.39, 0.29) is 0 Å². The minimum atomic E-state index is 0.292. The Labute approximate surface area is 210 Å². The number of aromatic nitrogens is 3. The third-order valence-electron chi connectivity index (χ3n) is 5.81. The lowest BCUT2D eigenvalue weighted by Gasteiger charge is -2.26. The van der Waals surface area contributed by atoms with Crippen molar-refractivity contribution in [3.05, 3.63) is 67.0 Å². The number of pyridine rings is 1. The summed E-state index contributed by atoms with van der Waals surface area (Å²) in [7, 11) is 1.56. The zero-order valence-corrected chi connectivity index (χ0v) is 20.2. The first-order valence-electron chi connectivity index (χ1n) is 12.0. The van der Waals surface area contributed by atoms with Crippen molar-refractivity contribution in [1.82, 2.24) is 19.9 Å². The maximum atomic E-state index is 6.05. The van der Waals surface area contributed by atoms with Crippen LogP contribution in [0, 0.1) is 0 Å². The molecule has 1 saturated heterocycles. The number of nitrogens with one attached hydrogen (secondary N) is 1. The van der Waals surface area contributed by atoms with Crippen LogP contribution in [0.1, 0.15) is 6.42 Å². The van der Waals surface area contributed by atoms with Crippen molar-refractivity contribution in [3.8, 4) is 23.3 Å². The molecule has 0 unspecified atom stereocenters. The number of hydrogen-bond acceptors (Lipinski definition) is 9. The predicted octanol–water partition coefficient (Wildman–Crippen LogP) is 4.67. The van der Waals surface area contributed by atoms with Crippen LogP contribution in [0.5, 0.6) is 23.3 Å². The maximum Gasteiger partial charge on any atom is 0.318 e. The molecule has 0 saturated carbocycles. The van der Waals surface area contributed by atoms with Gasteiger partial charge in [-0.3, -0.25) is 9.88 Å². The van der Waals surface area contributed by atoms with E-state index in [1.165, 1.54) is 0 Å². The Hall–Kier alpha value is -3.95. The fourth-order valence-corrected chi connectivity index (χ4v) is 3.95. The van der Waals surface area contributed by atoms with Crippen molar-refractivity contribution in [1.29, 1.82) is 0 Å². The molecule has 1 aliphatic heterocycles. The van der Waals surface area contributed by atoms with Crippen LogP contribution in [0.2, 0.25) is 0 Å². The largest absolute Gasteiger partial charge is 0.494 e. The molecule has 2 aromatic carbocycles. The normalized spacial score (nSPS) is 13.9. The van der Waals surface area contributed by atoms with Gasteiger partial charge < -0.3 is 24.3 Å². The van der Waals surface area contributed by atoms with Crippen LogP contribution in [0.25, 0.3) is 10.9 Å². The van der Waals surface area contributed by atoms with Crippen LogP contribution in [0.15, 0.2) is 67.0 Å². The molecule has 5 rings (SSSR count). The molecule has 1 fully saturated rings. The standard InChI is InChI=1S/C27H29N5O4/c1-33-27-30-25-10-9-22(35-15-3-12-32-13-16-34-17-14-32)18-24(25)26(31-27)29-20-5-7-21(8-6-20)36-23-4-2-11-28-19-23/h2,4-11,18-19H,3,12-17H2,1H3,(H,29,30,31). The molecule has 1 aliphatic rings. The van der Waals surface area contributed by atoms with Crippen molar-refractivity contribution >= 4 is 22.4 Å². The highest BCUT2D eigenvalue weighted by molar-refractivity contribution is 5.92. The number of morpholine rings is 1. The van der Waals surface area contributed by atoms with Crippen LogP contribution in [-0.2, 0) is 4.74 Å². The zero-order chi connectivity index (χ0) is 24.6. The molecule has 0 atom stereocenters. The van der Waals surface area contributed by atoms with Gasteiger partial charge in [0.25, 0.3) is 0 Å². The fraction of sp³-hybridized carbons (Fsp3) is 0.296. The first kappa shape index (κ1) is 23.8. The number of methoxy groups -OCH3 is 1. The SMILES string of the molecule is COc1nc(Nc2ccc(Oc3cccnc3)cc2)c2cc(OCCCN3CCOCC3)ccc2n1. The van der Waals surface area contributed by atoms with Gasteiger partial charge in [0.2, 0.25) is 0 Å². The Morgan fingerprint density at radius 1 is 0.972 bits per heavy atom. The summed E-state index contributed by atoms with van der Waals surface area (Å²) >= 11 is 0. The molecule has 2 aromatic heterocycles. The molecular weight excluding hydrogens is 458 g/mol. The van der Waals surface area contributed by atoms with Gasteiger partial charge in [-0.2, -0.15) is 9.97 Å². The zero-order valence-electron chi connectivity index (χ0n) is 20.2. The first-order valence-corrected chi connectivity index (χ1v) is 12.0. The van der Waals surface area contributed by atoms with Crippen molar-refractivity contribution in [2.24, 2.45) is 0 Å². The highest BCUT2D eigenvalue weighted by Crippen LogP contribution is 2.30. The second kappa shape index (κ2) is 11.7. The van der Waals surface area contributed by atoms with E-state index in [9.17, 15) is 0 Å². The van der Waals surface area contributed by atoms with Gasteiger partial charge in [-0.15, -0.1) is 0 Å². The molecule has 0 spiro atoms. The van der Waals surface area contributed by atoms with Crippen molar-refractivity contribution in [2.45, 2.75) is 6.42 Å². The number of rotatable bonds is 10. The number of fused-ring (bicyclic) bond motifs is 1. The molecule has 36 heavy (non-hydrogen) atoms. The fourth-order valence-electron chi connectivity index (χ4n) is 3.95. The molecule has 9 nitrogen and oxygen atoms in total. The van der Waals surface area contributed by atoms with Crippen LogP contribution in [0.4, 0.5) is 11.5 Å². The number of hydrogen-bond donors (Lipinski definition) is 1. The topological polar surface area (TPSA) is 90.9 Å². The maximum absolute atomic E-state index is 6.05. The molecule has 3 heterocycles. The lowest BCUT2D eigenvalue weighted by Crippen LogP contribution is -2.37. The third kappa shape index (κ3) is 6.18. The van der Waals surface area contributed by atoms with Gasteiger partial charge in [0.15, 0.2) is 0 Å². The molecule has 4 aromatic rings. The lowest BCUT2D eigenvalue weighted by atomic mass is 10.2. The van der Waals surface area contributed by atoms with E-state index in [4.69, 9.17) is 18.9 Å². The van der Waals surface area contributed by atoms with Gasteiger partial charge in [0.05, 0.1) is 38.6 Å². The number of ether oxygens (including phenoxy) is 4. The van der Waals surface area contributed by atoms with Gasteiger partial charge in [-0.1, -0.05) is 0 Å². The average Bonchev–Trinajstić information content (AvgIpc) is 2.93. The molecule has 0 radical (unpaired) electrons. The Morgan fingerprint density at radius 3 is 2.58 bits per heavy atom. The summed E-state index contributed by atoms with van der Waals surface area (Å²) in [6.07, 6.45) is 4.34. The monoisotopic (exact) mass is 487 g/mol. The third-order valence-corrected chi connectivity index (χ3v) is 5.81. The van der Waals surface area contributed by atoms with E-state index in [2.05, 4.69) is 25.2 Å². The van der Waals surface area contributed by atoms with Gasteiger partial charge in [-0.25, -0.2) is 0 Å². The smallest absolute Gasteiger partial charge is 0.318 e. The molecule has 0 aliphatic carbocycles. The van der Waals surface area contributed by atoms with Crippen LogP contribution in [-0.4, -0.2) is 66.4 Å². The molecule has 1 N–H and O–H groups in total. The van der Waals surface area contributed by atoms with Crippen LogP contribution in [0.3, 0.4) is 0 Å². The number of benzene rings is 2. The van der Waals surface area contributed by atoms with Crippen LogP contribution >= 0.6 is 0 Å². The Bertz CT molecular complexity index is 1260. The lowest BCUT2D eigenvalue weighted by molar-refractivity contribution is 0.0358. The van der Waals surface area contributed by atoms with Crippen molar-refractivity contribution in [2.75, 3.05) is 51.9 Å². The average molecular weight is 488 g/mol. The number of nitrogens with zero attached hydrogens (tertiary/aromatic N) is 4. The predicted molar refractivity (Wildman–Crippen MR) is 137 cm³/mol. The molecule has 0 amide bonds. The minimum Gasteiger partial charge on any atom is -0.494 e.